The third-order valence-electron chi connectivity index (χ3n) is 5.51. The molecule has 3 aliphatic rings. The van der Waals surface area contributed by atoms with Gasteiger partial charge < -0.3 is 20.6 Å². The molecule has 0 unspecified atom stereocenters. The van der Waals surface area contributed by atoms with E-state index >= 15 is 0 Å². The summed E-state index contributed by atoms with van der Waals surface area (Å²) in [5.41, 5.74) is 3.58. The van der Waals surface area contributed by atoms with Crippen LogP contribution >= 0.6 is 11.8 Å². The molecule has 3 heterocycles. The Hall–Kier alpha value is -2.79. The summed E-state index contributed by atoms with van der Waals surface area (Å²) >= 11 is 1.36. The number of carboxylic acid groups (broad SMARTS) is 1. The van der Waals surface area contributed by atoms with Crippen molar-refractivity contribution in [3.8, 4) is 0 Å². The maximum absolute atomic E-state index is 13.1. The molecule has 1 aromatic rings. The summed E-state index contributed by atoms with van der Waals surface area (Å²) in [6.07, 6.45) is 0. The number of rotatable bonds is 6. The summed E-state index contributed by atoms with van der Waals surface area (Å²) in [5.74, 6) is -1.93. The molecule has 30 heavy (non-hydrogen) atoms. The van der Waals surface area contributed by atoms with Crippen LogP contribution in [0.2, 0.25) is 0 Å². The number of carbonyl (C=O) groups excluding carboxylic acids is 3. The first kappa shape index (κ1) is 20.5. The molecule has 3 fully saturated rings. The molecule has 0 saturated carbocycles. The minimum absolute atomic E-state index is 0.327. The number of carboxylic acids is 1. The number of carbonyl (C=O) groups is 4. The second-order valence-corrected chi connectivity index (χ2v) is 9.71. The third kappa shape index (κ3) is 3.37. The van der Waals surface area contributed by atoms with Gasteiger partial charge in [-0.15, -0.1) is 11.8 Å². The average Bonchev–Trinajstić information content (AvgIpc) is 3.22. The van der Waals surface area contributed by atoms with Gasteiger partial charge in [-0.25, -0.2) is 15.0 Å². The van der Waals surface area contributed by atoms with Gasteiger partial charge in [0.1, 0.15) is 23.5 Å². The normalized spacial score (nSPS) is 27.9. The van der Waals surface area contributed by atoms with Gasteiger partial charge in [-0.2, -0.15) is 0 Å². The summed E-state index contributed by atoms with van der Waals surface area (Å²) in [7, 11) is 0. The lowest BCUT2D eigenvalue weighted by Gasteiger charge is -2.44. The number of β-lactam (4-membered cyclic amide) rings is 1. The molecular weight excluding hydrogens is 410 g/mol. The quantitative estimate of drug-likeness (QED) is 0.461. The number of thioether (sulfide) groups is 1. The van der Waals surface area contributed by atoms with Crippen LogP contribution < -0.4 is 16.1 Å². The molecular formula is C19H23N5O5S. The average molecular weight is 433 g/mol. The molecule has 4 atom stereocenters. The van der Waals surface area contributed by atoms with E-state index in [9.17, 15) is 24.3 Å². The van der Waals surface area contributed by atoms with Crippen molar-refractivity contribution in [1.29, 1.82) is 0 Å². The van der Waals surface area contributed by atoms with Crippen molar-refractivity contribution in [2.75, 3.05) is 13.1 Å². The molecule has 3 aliphatic heterocycles. The number of nitrogens with one attached hydrogen (secondary N) is 3. The second kappa shape index (κ2) is 7.47. The van der Waals surface area contributed by atoms with E-state index in [2.05, 4.69) is 16.1 Å². The van der Waals surface area contributed by atoms with Crippen molar-refractivity contribution in [2.45, 2.75) is 42.1 Å². The van der Waals surface area contributed by atoms with Gasteiger partial charge in [-0.05, 0) is 19.4 Å². The molecule has 0 aliphatic carbocycles. The highest BCUT2D eigenvalue weighted by atomic mass is 32.2. The maximum atomic E-state index is 13.1. The highest BCUT2D eigenvalue weighted by Crippen LogP contribution is 2.50. The monoisotopic (exact) mass is 433 g/mol. The Balaban J connectivity index is 1.51. The third-order valence-corrected chi connectivity index (χ3v) is 7.08. The van der Waals surface area contributed by atoms with Gasteiger partial charge in [0.05, 0.1) is 6.54 Å². The van der Waals surface area contributed by atoms with Crippen LogP contribution in [0.5, 0.6) is 0 Å². The van der Waals surface area contributed by atoms with Crippen molar-refractivity contribution in [1.82, 2.24) is 26.0 Å². The zero-order valence-electron chi connectivity index (χ0n) is 16.5. The Morgan fingerprint density at radius 1 is 1.27 bits per heavy atom. The van der Waals surface area contributed by atoms with Crippen LogP contribution in [-0.4, -0.2) is 74.1 Å². The number of aliphatic carboxylic acids is 1. The van der Waals surface area contributed by atoms with Crippen molar-refractivity contribution in [3.05, 3.63) is 35.9 Å². The molecule has 4 N–H and O–H groups in total. The SMILES string of the molecule is CC1(C)S[C@@H]2[C@H](NC(=O)[C@H](NN3CCNC3=O)c3ccccc3)C(=O)N2[C@H]1C(=O)O. The highest BCUT2D eigenvalue weighted by Gasteiger charge is 2.64. The molecule has 1 aromatic carbocycles. The molecule has 4 amide bonds. The molecule has 160 valence electrons. The lowest BCUT2D eigenvalue weighted by Crippen LogP contribution is -2.71. The summed E-state index contributed by atoms with van der Waals surface area (Å²) in [5, 5.41) is 15.8. The van der Waals surface area contributed by atoms with E-state index in [-0.39, 0.29) is 6.03 Å². The summed E-state index contributed by atoms with van der Waals surface area (Å²) in [4.78, 5) is 50.7. The number of hydrogen-bond donors (Lipinski definition) is 4. The predicted molar refractivity (Wildman–Crippen MR) is 108 cm³/mol. The largest absolute Gasteiger partial charge is 0.480 e. The van der Waals surface area contributed by atoms with E-state index < -0.39 is 46.0 Å². The zero-order valence-corrected chi connectivity index (χ0v) is 17.3. The van der Waals surface area contributed by atoms with Crippen molar-refractivity contribution in [2.24, 2.45) is 0 Å². The van der Waals surface area contributed by atoms with Crippen LogP contribution in [0.25, 0.3) is 0 Å². The lowest BCUT2D eigenvalue weighted by molar-refractivity contribution is -0.161. The fraction of sp³-hybridized carbons (Fsp3) is 0.474. The minimum Gasteiger partial charge on any atom is -0.480 e. The summed E-state index contributed by atoms with van der Waals surface area (Å²) in [6, 6.07) is 5.93. The number of amides is 4. The topological polar surface area (TPSA) is 131 Å². The van der Waals surface area contributed by atoms with Gasteiger partial charge in [0.25, 0.3) is 0 Å². The number of hydrazine groups is 1. The fourth-order valence-corrected chi connectivity index (χ4v) is 5.69. The molecule has 0 bridgehead atoms. The van der Waals surface area contributed by atoms with Gasteiger partial charge in [0.15, 0.2) is 0 Å². The van der Waals surface area contributed by atoms with Crippen molar-refractivity contribution in [3.63, 3.8) is 0 Å². The molecule has 0 radical (unpaired) electrons. The van der Waals surface area contributed by atoms with Crippen LogP contribution in [0.4, 0.5) is 4.79 Å². The van der Waals surface area contributed by atoms with E-state index in [1.165, 1.54) is 21.7 Å². The van der Waals surface area contributed by atoms with Gasteiger partial charge in [-0.3, -0.25) is 14.6 Å². The summed E-state index contributed by atoms with van der Waals surface area (Å²) in [6.45, 7) is 4.43. The van der Waals surface area contributed by atoms with Crippen molar-refractivity contribution >= 4 is 35.6 Å². The molecule has 4 rings (SSSR count). The molecule has 0 aromatic heterocycles. The fourth-order valence-electron chi connectivity index (χ4n) is 4.06. The first-order chi connectivity index (χ1) is 14.2. The highest BCUT2D eigenvalue weighted by molar-refractivity contribution is 8.01. The van der Waals surface area contributed by atoms with Crippen LogP contribution in [-0.2, 0) is 14.4 Å². The van der Waals surface area contributed by atoms with E-state index in [1.807, 2.05) is 6.07 Å². The maximum Gasteiger partial charge on any atom is 0.331 e. The number of nitrogens with zero attached hydrogens (tertiary/aromatic N) is 2. The van der Waals surface area contributed by atoms with E-state index in [4.69, 9.17) is 0 Å². The van der Waals surface area contributed by atoms with Crippen molar-refractivity contribution < 1.29 is 24.3 Å². The van der Waals surface area contributed by atoms with Crippen LogP contribution in [0.3, 0.4) is 0 Å². The number of benzene rings is 1. The Morgan fingerprint density at radius 2 is 1.97 bits per heavy atom. The number of fused-ring (bicyclic) bond motifs is 1. The molecule has 0 spiro atoms. The van der Waals surface area contributed by atoms with Gasteiger partial charge in [0, 0.05) is 11.3 Å². The summed E-state index contributed by atoms with van der Waals surface area (Å²) < 4.78 is -0.670. The Morgan fingerprint density at radius 3 is 2.57 bits per heavy atom. The van der Waals surface area contributed by atoms with Gasteiger partial charge in [0.2, 0.25) is 11.8 Å². The molecule has 11 heteroatoms. The van der Waals surface area contributed by atoms with Gasteiger partial charge >= 0.3 is 12.0 Å². The Kier molecular flexibility index (Phi) is 5.10. The van der Waals surface area contributed by atoms with Crippen LogP contribution in [0.1, 0.15) is 25.5 Å². The van der Waals surface area contributed by atoms with Crippen LogP contribution in [0, 0.1) is 0 Å². The first-order valence-corrected chi connectivity index (χ1v) is 10.5. The Labute approximate surface area is 177 Å². The molecule has 10 nitrogen and oxygen atoms in total. The molecule has 3 saturated heterocycles. The van der Waals surface area contributed by atoms with Gasteiger partial charge in [-0.1, -0.05) is 30.3 Å². The number of hydrogen-bond acceptors (Lipinski definition) is 6. The van der Waals surface area contributed by atoms with Crippen LogP contribution in [0.15, 0.2) is 30.3 Å². The van der Waals surface area contributed by atoms with E-state index in [1.54, 1.807) is 38.1 Å². The second-order valence-electron chi connectivity index (χ2n) is 7.94. The number of urea groups is 1. The van der Waals surface area contributed by atoms with E-state index in [0.29, 0.717) is 18.7 Å². The first-order valence-electron chi connectivity index (χ1n) is 9.60. The predicted octanol–water partition coefficient (Wildman–Crippen LogP) is -0.111. The van der Waals surface area contributed by atoms with E-state index in [0.717, 1.165) is 0 Å². The lowest BCUT2D eigenvalue weighted by atomic mass is 9.95. The smallest absolute Gasteiger partial charge is 0.331 e. The minimum atomic E-state index is -1.06. The Bertz CT molecular complexity index is 895. The zero-order chi connectivity index (χ0) is 21.6. The standard InChI is InChI=1S/C19H23N5O5S/c1-19(2)13(17(27)28)24-15(26)12(16(24)30-19)21-14(25)11(10-6-4-3-5-7-10)22-23-9-8-20-18(23)29/h3-7,11-13,16,22H,8-9H2,1-2H3,(H,20,29)(H,21,25)(H,27,28)/t11-,12-,13+,16-/m1/s1.